The van der Waals surface area contributed by atoms with Gasteiger partial charge < -0.3 is 4.90 Å². The van der Waals surface area contributed by atoms with Gasteiger partial charge in [0.1, 0.15) is 6.54 Å². The van der Waals surface area contributed by atoms with Crippen molar-refractivity contribution in [2.75, 3.05) is 30.2 Å². The van der Waals surface area contributed by atoms with Crippen LogP contribution in [-0.4, -0.2) is 45.1 Å². The summed E-state index contributed by atoms with van der Waals surface area (Å²) in [6.45, 7) is 7.09. The van der Waals surface area contributed by atoms with Crippen LogP contribution in [0.1, 0.15) is 32.3 Å². The minimum Gasteiger partial charge on any atom is -0.341 e. The van der Waals surface area contributed by atoms with E-state index in [2.05, 4.69) is 0 Å². The Morgan fingerprint density at radius 2 is 1.55 bits per heavy atom. The first-order valence-corrected chi connectivity index (χ1v) is 9.46. The molecular weight excluding hydrogens is 300 g/mol. The molecule has 0 atom stereocenters. The maximum atomic E-state index is 12.4. The van der Waals surface area contributed by atoms with Crippen LogP contribution >= 0.6 is 0 Å². The van der Waals surface area contributed by atoms with E-state index in [0.29, 0.717) is 18.8 Å². The number of anilines is 1. The van der Waals surface area contributed by atoms with E-state index in [1.54, 1.807) is 17.0 Å². The summed E-state index contributed by atoms with van der Waals surface area (Å²) < 4.78 is 25.3. The molecule has 0 aliphatic carbocycles. The van der Waals surface area contributed by atoms with E-state index in [4.69, 9.17) is 0 Å². The minimum absolute atomic E-state index is 0.151. The first-order valence-electron chi connectivity index (χ1n) is 7.61. The molecule has 1 amide bonds. The lowest BCUT2D eigenvalue weighted by atomic mass is 10.2. The maximum Gasteiger partial charge on any atom is 0.243 e. The van der Waals surface area contributed by atoms with Crippen LogP contribution in [0.25, 0.3) is 0 Å². The molecule has 5 nitrogen and oxygen atoms in total. The smallest absolute Gasteiger partial charge is 0.243 e. The van der Waals surface area contributed by atoms with Crippen LogP contribution in [0.3, 0.4) is 0 Å². The number of carbonyl (C=O) groups excluding carboxylic acids is 1. The van der Waals surface area contributed by atoms with Crippen molar-refractivity contribution in [2.24, 2.45) is 0 Å². The Kier molecular flexibility index (Phi) is 6.87. The third-order valence-electron chi connectivity index (χ3n) is 3.34. The zero-order valence-corrected chi connectivity index (χ0v) is 14.7. The average molecular weight is 326 g/mol. The Morgan fingerprint density at radius 1 is 1.05 bits per heavy atom. The fourth-order valence-electron chi connectivity index (χ4n) is 2.23. The van der Waals surface area contributed by atoms with Gasteiger partial charge in [0.25, 0.3) is 0 Å². The van der Waals surface area contributed by atoms with Crippen LogP contribution in [-0.2, 0) is 14.8 Å². The number of rotatable bonds is 8. The Bertz CT molecular complexity index is 576. The second-order valence-electron chi connectivity index (χ2n) is 5.49. The predicted octanol–water partition coefficient (Wildman–Crippen LogP) is 2.41. The van der Waals surface area contributed by atoms with Crippen molar-refractivity contribution in [2.45, 2.75) is 33.6 Å². The van der Waals surface area contributed by atoms with E-state index in [9.17, 15) is 13.2 Å². The molecule has 0 aromatic heterocycles. The first kappa shape index (κ1) is 18.5. The quantitative estimate of drug-likeness (QED) is 0.737. The number of hydrogen-bond acceptors (Lipinski definition) is 3. The molecule has 1 aromatic carbocycles. The van der Waals surface area contributed by atoms with Crippen LogP contribution in [0.2, 0.25) is 0 Å². The summed E-state index contributed by atoms with van der Waals surface area (Å²) in [5.41, 5.74) is 1.57. The van der Waals surface area contributed by atoms with E-state index < -0.39 is 10.0 Å². The van der Waals surface area contributed by atoms with Gasteiger partial charge in [-0.2, -0.15) is 0 Å². The number of benzene rings is 1. The number of sulfonamides is 1. The zero-order valence-electron chi connectivity index (χ0n) is 13.9. The molecule has 0 heterocycles. The van der Waals surface area contributed by atoms with Crippen molar-refractivity contribution < 1.29 is 13.2 Å². The highest BCUT2D eigenvalue weighted by molar-refractivity contribution is 7.92. The lowest BCUT2D eigenvalue weighted by molar-refractivity contribution is -0.129. The van der Waals surface area contributed by atoms with Gasteiger partial charge in [-0.3, -0.25) is 9.10 Å². The molecular formula is C16H26N2O3S. The van der Waals surface area contributed by atoms with Crippen molar-refractivity contribution in [1.82, 2.24) is 4.90 Å². The van der Waals surface area contributed by atoms with E-state index in [0.717, 1.165) is 24.7 Å². The van der Waals surface area contributed by atoms with Gasteiger partial charge in [0.2, 0.25) is 15.9 Å². The molecule has 0 spiro atoms. The third kappa shape index (κ3) is 5.33. The van der Waals surface area contributed by atoms with Gasteiger partial charge >= 0.3 is 0 Å². The van der Waals surface area contributed by atoms with Crippen molar-refractivity contribution in [3.8, 4) is 0 Å². The molecule has 0 bridgehead atoms. The average Bonchev–Trinajstić information content (AvgIpc) is 2.44. The number of nitrogens with zero attached hydrogens (tertiary/aromatic N) is 2. The number of aryl methyl sites for hydroxylation is 1. The lowest BCUT2D eigenvalue weighted by Crippen LogP contribution is -2.43. The SMILES string of the molecule is CCCN(CCC)C(=O)CN(c1ccc(C)cc1)S(C)(=O)=O. The van der Waals surface area contributed by atoms with E-state index in [1.807, 2.05) is 32.9 Å². The molecule has 0 radical (unpaired) electrons. The van der Waals surface area contributed by atoms with E-state index in [-0.39, 0.29) is 12.5 Å². The molecule has 0 aliphatic heterocycles. The van der Waals surface area contributed by atoms with Gasteiger partial charge in [0.15, 0.2) is 0 Å². The Hall–Kier alpha value is -1.56. The summed E-state index contributed by atoms with van der Waals surface area (Å²) in [6, 6.07) is 7.14. The van der Waals surface area contributed by atoms with E-state index >= 15 is 0 Å². The van der Waals surface area contributed by atoms with Crippen LogP contribution in [0.5, 0.6) is 0 Å². The lowest BCUT2D eigenvalue weighted by Gasteiger charge is -2.27. The monoisotopic (exact) mass is 326 g/mol. The zero-order chi connectivity index (χ0) is 16.8. The fourth-order valence-corrected chi connectivity index (χ4v) is 3.08. The summed E-state index contributed by atoms with van der Waals surface area (Å²) in [5.74, 6) is -0.158. The largest absolute Gasteiger partial charge is 0.341 e. The van der Waals surface area contributed by atoms with Crippen molar-refractivity contribution in [3.05, 3.63) is 29.8 Å². The molecule has 0 saturated heterocycles. The molecule has 0 saturated carbocycles. The third-order valence-corrected chi connectivity index (χ3v) is 4.48. The van der Waals surface area contributed by atoms with Gasteiger partial charge in [-0.15, -0.1) is 0 Å². The summed E-state index contributed by atoms with van der Waals surface area (Å²) in [4.78, 5) is 14.2. The highest BCUT2D eigenvalue weighted by atomic mass is 32.2. The summed E-state index contributed by atoms with van der Waals surface area (Å²) in [6.07, 6.45) is 2.84. The van der Waals surface area contributed by atoms with Crippen molar-refractivity contribution >= 4 is 21.6 Å². The molecule has 22 heavy (non-hydrogen) atoms. The minimum atomic E-state index is -3.50. The maximum absolute atomic E-state index is 12.4. The van der Waals surface area contributed by atoms with Gasteiger partial charge in [-0.05, 0) is 31.9 Å². The molecule has 1 aromatic rings. The van der Waals surface area contributed by atoms with Gasteiger partial charge in [0.05, 0.1) is 11.9 Å². The normalized spacial score (nSPS) is 11.3. The van der Waals surface area contributed by atoms with E-state index in [1.165, 1.54) is 4.31 Å². The summed E-state index contributed by atoms with van der Waals surface area (Å²) >= 11 is 0. The van der Waals surface area contributed by atoms with Crippen LogP contribution in [0.4, 0.5) is 5.69 Å². The van der Waals surface area contributed by atoms with Crippen molar-refractivity contribution in [3.63, 3.8) is 0 Å². The van der Waals surface area contributed by atoms with Crippen molar-refractivity contribution in [1.29, 1.82) is 0 Å². The topological polar surface area (TPSA) is 57.7 Å². The highest BCUT2D eigenvalue weighted by Gasteiger charge is 2.23. The number of carbonyl (C=O) groups is 1. The molecule has 0 aliphatic rings. The molecule has 0 N–H and O–H groups in total. The highest BCUT2D eigenvalue weighted by Crippen LogP contribution is 2.18. The van der Waals surface area contributed by atoms with Gasteiger partial charge in [-0.1, -0.05) is 31.5 Å². The molecule has 6 heteroatoms. The molecule has 0 fully saturated rings. The van der Waals surface area contributed by atoms with Crippen LogP contribution < -0.4 is 4.31 Å². The fraction of sp³-hybridized carbons (Fsp3) is 0.562. The van der Waals surface area contributed by atoms with Gasteiger partial charge in [-0.25, -0.2) is 8.42 Å². The first-order chi connectivity index (χ1) is 10.3. The molecule has 124 valence electrons. The number of amides is 1. The van der Waals surface area contributed by atoms with Crippen LogP contribution in [0.15, 0.2) is 24.3 Å². The Labute approximate surface area is 134 Å². The number of hydrogen-bond donors (Lipinski definition) is 0. The predicted molar refractivity (Wildman–Crippen MR) is 90.5 cm³/mol. The van der Waals surface area contributed by atoms with Gasteiger partial charge in [0, 0.05) is 13.1 Å². The summed E-state index contributed by atoms with van der Waals surface area (Å²) in [5, 5.41) is 0. The second kappa shape index (κ2) is 8.17. The summed E-state index contributed by atoms with van der Waals surface area (Å²) in [7, 11) is -3.50. The molecule has 0 unspecified atom stereocenters. The second-order valence-corrected chi connectivity index (χ2v) is 7.39. The molecule has 1 rings (SSSR count). The standard InChI is InChI=1S/C16H26N2O3S/c1-5-11-17(12-6-2)16(19)13-18(22(4,20)21)15-9-7-14(3)8-10-15/h7-10H,5-6,11-13H2,1-4H3. The Balaban J connectivity index is 2.99. The Morgan fingerprint density at radius 3 is 1.95 bits per heavy atom. The van der Waals surface area contributed by atoms with Crippen LogP contribution in [0, 0.1) is 6.92 Å².